The smallest absolute Gasteiger partial charge is 0.233 e. The second-order valence-corrected chi connectivity index (χ2v) is 10.2. The molecule has 5 nitrogen and oxygen atoms in total. The number of aromatic nitrogens is 1. The molecular formula is C28H28ClN3O2S. The fourth-order valence-corrected chi connectivity index (χ4v) is 5.53. The van der Waals surface area contributed by atoms with Gasteiger partial charge in [0.15, 0.2) is 5.13 Å². The molecule has 4 aromatic rings. The van der Waals surface area contributed by atoms with Crippen LogP contribution in [0.5, 0.6) is 0 Å². The maximum absolute atomic E-state index is 13.6. The van der Waals surface area contributed by atoms with Gasteiger partial charge in [-0.3, -0.25) is 14.6 Å². The average molecular weight is 506 g/mol. The molecule has 5 rings (SSSR count). The minimum atomic E-state index is 0.0496. The predicted octanol–water partition coefficient (Wildman–Crippen LogP) is 5.83. The minimum absolute atomic E-state index is 0.0496. The Balaban J connectivity index is 1.37. The van der Waals surface area contributed by atoms with Gasteiger partial charge in [-0.25, -0.2) is 4.98 Å². The third-order valence-corrected chi connectivity index (χ3v) is 7.88. The summed E-state index contributed by atoms with van der Waals surface area (Å²) < 4.78 is 6.52. The molecule has 180 valence electrons. The Kier molecular flexibility index (Phi) is 7.44. The van der Waals surface area contributed by atoms with Crippen molar-refractivity contribution >= 4 is 44.2 Å². The first-order valence-electron chi connectivity index (χ1n) is 11.9. The molecule has 0 radical (unpaired) electrons. The summed E-state index contributed by atoms with van der Waals surface area (Å²) in [5.74, 6) is 0.0496. The summed E-state index contributed by atoms with van der Waals surface area (Å²) in [7, 11) is 0. The van der Waals surface area contributed by atoms with Gasteiger partial charge in [-0.2, -0.15) is 0 Å². The quantitative estimate of drug-likeness (QED) is 0.317. The van der Waals surface area contributed by atoms with Gasteiger partial charge in [0.2, 0.25) is 5.91 Å². The van der Waals surface area contributed by atoms with Crippen LogP contribution in [0.25, 0.3) is 21.3 Å². The summed E-state index contributed by atoms with van der Waals surface area (Å²) in [4.78, 5) is 22.6. The van der Waals surface area contributed by atoms with Gasteiger partial charge in [-0.1, -0.05) is 77.5 Å². The molecule has 0 aliphatic carbocycles. The van der Waals surface area contributed by atoms with E-state index in [-0.39, 0.29) is 5.91 Å². The van der Waals surface area contributed by atoms with Crippen molar-refractivity contribution in [1.82, 2.24) is 9.88 Å². The van der Waals surface area contributed by atoms with Gasteiger partial charge in [0.05, 0.1) is 29.9 Å². The van der Waals surface area contributed by atoms with E-state index in [2.05, 4.69) is 29.2 Å². The summed E-state index contributed by atoms with van der Waals surface area (Å²) in [5, 5.41) is 1.42. The number of thiazole rings is 1. The zero-order valence-electron chi connectivity index (χ0n) is 19.7. The fraction of sp³-hybridized carbons (Fsp3) is 0.286. The molecule has 1 amide bonds. The molecule has 1 aliphatic rings. The maximum Gasteiger partial charge on any atom is 0.233 e. The highest BCUT2D eigenvalue weighted by atomic mass is 35.5. The highest BCUT2D eigenvalue weighted by Gasteiger charge is 2.22. The lowest BCUT2D eigenvalue weighted by Gasteiger charge is -2.29. The van der Waals surface area contributed by atoms with Crippen LogP contribution in [0.1, 0.15) is 11.1 Å². The molecule has 1 aromatic heterocycles. The van der Waals surface area contributed by atoms with Crippen LogP contribution in [-0.2, 0) is 16.0 Å². The van der Waals surface area contributed by atoms with Crippen molar-refractivity contribution in [3.8, 4) is 11.1 Å². The zero-order valence-corrected chi connectivity index (χ0v) is 21.3. The first kappa shape index (κ1) is 23.9. The van der Waals surface area contributed by atoms with E-state index in [1.807, 2.05) is 54.3 Å². The van der Waals surface area contributed by atoms with E-state index in [4.69, 9.17) is 21.3 Å². The van der Waals surface area contributed by atoms with Crippen molar-refractivity contribution < 1.29 is 9.53 Å². The molecule has 0 unspecified atom stereocenters. The molecule has 0 atom stereocenters. The number of morpholine rings is 1. The molecule has 1 saturated heterocycles. The third-order valence-electron chi connectivity index (χ3n) is 6.43. The second-order valence-electron chi connectivity index (χ2n) is 8.75. The van der Waals surface area contributed by atoms with Gasteiger partial charge in [-0.05, 0) is 41.3 Å². The summed E-state index contributed by atoms with van der Waals surface area (Å²) in [6.07, 6.45) is 0.327. The van der Waals surface area contributed by atoms with Crippen LogP contribution in [0.15, 0.2) is 66.7 Å². The number of hydrogen-bond donors (Lipinski definition) is 0. The number of amides is 1. The molecule has 0 N–H and O–H groups in total. The van der Waals surface area contributed by atoms with Crippen LogP contribution in [0.3, 0.4) is 0 Å². The van der Waals surface area contributed by atoms with E-state index in [0.29, 0.717) is 18.0 Å². The Bertz CT molecular complexity index is 1300. The van der Waals surface area contributed by atoms with Crippen molar-refractivity contribution in [2.45, 2.75) is 13.3 Å². The van der Waals surface area contributed by atoms with Gasteiger partial charge < -0.3 is 4.74 Å². The summed E-state index contributed by atoms with van der Waals surface area (Å²) in [6, 6.07) is 22.4. The van der Waals surface area contributed by atoms with Crippen molar-refractivity contribution in [1.29, 1.82) is 0 Å². The number of carbonyl (C=O) groups is 1. The second kappa shape index (κ2) is 10.9. The molecule has 1 aliphatic heterocycles. The van der Waals surface area contributed by atoms with Crippen molar-refractivity contribution in [3.63, 3.8) is 0 Å². The molecule has 2 heterocycles. The van der Waals surface area contributed by atoms with Crippen LogP contribution < -0.4 is 4.90 Å². The lowest BCUT2D eigenvalue weighted by Crippen LogP contribution is -2.43. The van der Waals surface area contributed by atoms with Crippen molar-refractivity contribution in [3.05, 3.63) is 82.9 Å². The van der Waals surface area contributed by atoms with E-state index in [0.717, 1.165) is 64.9 Å². The van der Waals surface area contributed by atoms with Crippen LogP contribution in [0.4, 0.5) is 5.13 Å². The van der Waals surface area contributed by atoms with Crippen LogP contribution in [-0.4, -0.2) is 55.2 Å². The predicted molar refractivity (Wildman–Crippen MR) is 145 cm³/mol. The van der Waals surface area contributed by atoms with E-state index in [1.165, 1.54) is 5.56 Å². The standard InChI is InChI=1S/C28H28ClN3O2S/c1-20-24(29)11-12-25-27(20)30-28(35-25)32(14-13-31-15-17-34-18-16-31)26(33)19-21-7-9-23(10-8-21)22-5-3-2-4-6-22/h2-12H,13-19H2,1H3. The Morgan fingerprint density at radius 1 is 1.03 bits per heavy atom. The lowest BCUT2D eigenvalue weighted by molar-refractivity contribution is -0.118. The molecule has 3 aromatic carbocycles. The summed E-state index contributed by atoms with van der Waals surface area (Å²) in [6.45, 7) is 6.60. The molecule has 0 saturated carbocycles. The van der Waals surface area contributed by atoms with E-state index in [9.17, 15) is 4.79 Å². The van der Waals surface area contributed by atoms with Crippen LogP contribution >= 0.6 is 22.9 Å². The van der Waals surface area contributed by atoms with E-state index in [1.54, 1.807) is 11.3 Å². The number of rotatable bonds is 7. The summed E-state index contributed by atoms with van der Waals surface area (Å²) >= 11 is 7.88. The van der Waals surface area contributed by atoms with E-state index >= 15 is 0 Å². The molecule has 0 bridgehead atoms. The molecule has 0 spiro atoms. The van der Waals surface area contributed by atoms with Crippen LogP contribution in [0.2, 0.25) is 5.02 Å². The van der Waals surface area contributed by atoms with Gasteiger partial charge in [-0.15, -0.1) is 0 Å². The third kappa shape index (κ3) is 5.57. The highest BCUT2D eigenvalue weighted by molar-refractivity contribution is 7.22. The molecule has 7 heteroatoms. The molecule has 35 heavy (non-hydrogen) atoms. The number of carbonyl (C=O) groups excluding carboxylic acids is 1. The zero-order chi connectivity index (χ0) is 24.2. The Labute approximate surface area is 214 Å². The number of fused-ring (bicyclic) bond motifs is 1. The van der Waals surface area contributed by atoms with Crippen molar-refractivity contribution in [2.75, 3.05) is 44.3 Å². The van der Waals surface area contributed by atoms with Gasteiger partial charge in [0, 0.05) is 31.2 Å². The Morgan fingerprint density at radius 2 is 1.74 bits per heavy atom. The maximum atomic E-state index is 13.6. The lowest BCUT2D eigenvalue weighted by atomic mass is 10.0. The average Bonchev–Trinajstić information content (AvgIpc) is 3.33. The molecule has 1 fully saturated rings. The van der Waals surface area contributed by atoms with Crippen molar-refractivity contribution in [2.24, 2.45) is 0 Å². The number of aryl methyl sites for hydroxylation is 1. The first-order chi connectivity index (χ1) is 17.1. The topological polar surface area (TPSA) is 45.7 Å². The number of halogens is 1. The number of hydrogen-bond acceptors (Lipinski definition) is 5. The number of ether oxygens (including phenoxy) is 1. The minimum Gasteiger partial charge on any atom is -0.379 e. The normalized spacial score (nSPS) is 14.3. The van der Waals surface area contributed by atoms with E-state index < -0.39 is 0 Å². The van der Waals surface area contributed by atoms with Gasteiger partial charge >= 0.3 is 0 Å². The number of anilines is 1. The summed E-state index contributed by atoms with van der Waals surface area (Å²) in [5.41, 5.74) is 5.12. The monoisotopic (exact) mass is 505 g/mol. The van der Waals surface area contributed by atoms with Gasteiger partial charge in [0.1, 0.15) is 0 Å². The largest absolute Gasteiger partial charge is 0.379 e. The Morgan fingerprint density at radius 3 is 2.49 bits per heavy atom. The first-order valence-corrected chi connectivity index (χ1v) is 13.1. The van der Waals surface area contributed by atoms with Gasteiger partial charge in [0.25, 0.3) is 0 Å². The SMILES string of the molecule is Cc1c(Cl)ccc2sc(N(CCN3CCOCC3)C(=O)Cc3ccc(-c4ccccc4)cc3)nc12. The number of benzene rings is 3. The van der Waals surface area contributed by atoms with Crippen LogP contribution in [0, 0.1) is 6.92 Å². The number of nitrogens with zero attached hydrogens (tertiary/aromatic N) is 3. The highest BCUT2D eigenvalue weighted by Crippen LogP contribution is 2.34. The Hall–Kier alpha value is -2.77. The fourth-order valence-electron chi connectivity index (χ4n) is 4.31. The molecular weight excluding hydrogens is 478 g/mol.